The van der Waals surface area contributed by atoms with Crippen LogP contribution in [0.4, 0.5) is 11.4 Å². The summed E-state index contributed by atoms with van der Waals surface area (Å²) in [6, 6.07) is 23.5. The Morgan fingerprint density at radius 1 is 1.04 bits per heavy atom. The first-order valence-electron chi connectivity index (χ1n) is 8.82. The number of carbonyl (C=O) groups is 1. The lowest BCUT2D eigenvalue weighted by atomic mass is 10.2. The van der Waals surface area contributed by atoms with Crippen LogP contribution in [0.25, 0.3) is 0 Å². The molecule has 1 N–H and O–H groups in total. The third-order valence-electron chi connectivity index (χ3n) is 4.48. The molecule has 0 aromatic heterocycles. The predicted molar refractivity (Wildman–Crippen MR) is 111 cm³/mol. The predicted octanol–water partition coefficient (Wildman–Crippen LogP) is 5.02. The molecule has 0 atom stereocenters. The molecule has 3 aromatic rings. The van der Waals surface area contributed by atoms with Gasteiger partial charge in [0, 0.05) is 28.8 Å². The molecular weight excluding hydrogens is 356 g/mol. The SMILES string of the molecule is COc1cccc(NC(=O)c2cccc(SN3CCc4ccccc43)c2)c1. The molecular formula is C22H20N2O2S. The molecule has 1 heterocycles. The van der Waals surface area contributed by atoms with Gasteiger partial charge in [-0.3, -0.25) is 4.79 Å². The minimum Gasteiger partial charge on any atom is -0.497 e. The van der Waals surface area contributed by atoms with Crippen LogP contribution in [0.2, 0.25) is 0 Å². The number of ether oxygens (including phenoxy) is 1. The quantitative estimate of drug-likeness (QED) is 0.635. The summed E-state index contributed by atoms with van der Waals surface area (Å²) in [6.45, 7) is 0.976. The van der Waals surface area contributed by atoms with Crippen LogP contribution in [-0.4, -0.2) is 19.6 Å². The van der Waals surface area contributed by atoms with Crippen molar-refractivity contribution in [1.82, 2.24) is 0 Å². The standard InChI is InChI=1S/C22H20N2O2S/c1-26-19-9-5-8-18(15-19)23-22(25)17-7-4-10-20(14-17)27-24-13-12-16-6-2-3-11-21(16)24/h2-11,14-15H,12-13H2,1H3,(H,23,25). The number of anilines is 2. The highest BCUT2D eigenvalue weighted by Gasteiger charge is 2.19. The number of rotatable bonds is 5. The smallest absolute Gasteiger partial charge is 0.255 e. The van der Waals surface area contributed by atoms with E-state index in [1.807, 2.05) is 42.5 Å². The zero-order valence-corrected chi connectivity index (χ0v) is 15.8. The average Bonchev–Trinajstić information content (AvgIpc) is 3.11. The van der Waals surface area contributed by atoms with Crippen molar-refractivity contribution in [3.63, 3.8) is 0 Å². The van der Waals surface area contributed by atoms with Gasteiger partial charge in [0.05, 0.1) is 12.8 Å². The zero-order valence-electron chi connectivity index (χ0n) is 15.0. The van der Waals surface area contributed by atoms with E-state index in [-0.39, 0.29) is 5.91 Å². The number of nitrogens with zero attached hydrogens (tertiary/aromatic N) is 1. The van der Waals surface area contributed by atoms with E-state index in [0.717, 1.165) is 17.9 Å². The van der Waals surface area contributed by atoms with E-state index < -0.39 is 0 Å². The topological polar surface area (TPSA) is 41.6 Å². The van der Waals surface area contributed by atoms with Crippen molar-refractivity contribution in [2.45, 2.75) is 11.3 Å². The van der Waals surface area contributed by atoms with E-state index >= 15 is 0 Å². The Morgan fingerprint density at radius 3 is 2.78 bits per heavy atom. The van der Waals surface area contributed by atoms with E-state index in [0.29, 0.717) is 17.0 Å². The molecule has 27 heavy (non-hydrogen) atoms. The first-order valence-corrected chi connectivity index (χ1v) is 9.59. The van der Waals surface area contributed by atoms with E-state index in [1.54, 1.807) is 25.1 Å². The van der Waals surface area contributed by atoms with Crippen molar-refractivity contribution in [3.05, 3.63) is 83.9 Å². The Bertz CT molecular complexity index is 974. The third kappa shape index (κ3) is 3.93. The summed E-state index contributed by atoms with van der Waals surface area (Å²) in [5, 5.41) is 2.93. The van der Waals surface area contributed by atoms with Crippen LogP contribution in [0, 0.1) is 0 Å². The number of methoxy groups -OCH3 is 1. The molecule has 0 unspecified atom stereocenters. The van der Waals surface area contributed by atoms with Gasteiger partial charge in [-0.1, -0.05) is 30.3 Å². The second-order valence-corrected chi connectivity index (χ2v) is 7.38. The Labute approximate surface area is 163 Å². The van der Waals surface area contributed by atoms with Gasteiger partial charge in [-0.2, -0.15) is 0 Å². The molecule has 0 bridgehead atoms. The minimum absolute atomic E-state index is 0.132. The summed E-state index contributed by atoms with van der Waals surface area (Å²) in [6.07, 6.45) is 1.05. The number of fused-ring (bicyclic) bond motifs is 1. The Morgan fingerprint density at radius 2 is 1.89 bits per heavy atom. The summed E-state index contributed by atoms with van der Waals surface area (Å²) in [5.41, 5.74) is 3.98. The lowest BCUT2D eigenvalue weighted by Crippen LogP contribution is -2.13. The molecule has 0 fully saturated rings. The van der Waals surface area contributed by atoms with Crippen molar-refractivity contribution < 1.29 is 9.53 Å². The fourth-order valence-electron chi connectivity index (χ4n) is 3.13. The van der Waals surface area contributed by atoms with Gasteiger partial charge < -0.3 is 14.4 Å². The van der Waals surface area contributed by atoms with Crippen molar-refractivity contribution >= 4 is 29.2 Å². The molecule has 1 aliphatic rings. The van der Waals surface area contributed by atoms with E-state index in [2.05, 4.69) is 33.9 Å². The fourth-order valence-corrected chi connectivity index (χ4v) is 4.16. The molecule has 1 aliphatic heterocycles. The van der Waals surface area contributed by atoms with Crippen LogP contribution in [0.5, 0.6) is 5.75 Å². The number of benzene rings is 3. The molecule has 4 nitrogen and oxygen atoms in total. The maximum Gasteiger partial charge on any atom is 0.255 e. The molecule has 5 heteroatoms. The van der Waals surface area contributed by atoms with Crippen molar-refractivity contribution in [2.75, 3.05) is 23.3 Å². The monoisotopic (exact) mass is 376 g/mol. The molecule has 0 aliphatic carbocycles. The second kappa shape index (κ2) is 7.76. The van der Waals surface area contributed by atoms with Crippen molar-refractivity contribution in [1.29, 1.82) is 0 Å². The molecule has 3 aromatic carbocycles. The van der Waals surface area contributed by atoms with Gasteiger partial charge in [0.15, 0.2) is 0 Å². The third-order valence-corrected chi connectivity index (χ3v) is 5.55. The van der Waals surface area contributed by atoms with Gasteiger partial charge in [0.2, 0.25) is 0 Å². The minimum atomic E-state index is -0.132. The summed E-state index contributed by atoms with van der Waals surface area (Å²) in [7, 11) is 1.61. The number of para-hydroxylation sites is 1. The average molecular weight is 376 g/mol. The first kappa shape index (κ1) is 17.5. The normalized spacial score (nSPS) is 12.6. The Hall–Kier alpha value is -2.92. The van der Waals surface area contributed by atoms with Crippen molar-refractivity contribution in [2.24, 2.45) is 0 Å². The number of amides is 1. The summed E-state index contributed by atoms with van der Waals surface area (Å²) in [5.74, 6) is 0.581. The second-order valence-electron chi connectivity index (χ2n) is 6.29. The number of hydrogen-bond acceptors (Lipinski definition) is 4. The number of carbonyl (C=O) groups excluding carboxylic acids is 1. The molecule has 0 radical (unpaired) electrons. The number of hydrogen-bond donors (Lipinski definition) is 1. The van der Waals surface area contributed by atoms with Crippen LogP contribution in [0.15, 0.2) is 77.7 Å². The van der Waals surface area contributed by atoms with E-state index in [4.69, 9.17) is 4.74 Å². The summed E-state index contributed by atoms with van der Waals surface area (Å²) in [4.78, 5) is 13.7. The van der Waals surface area contributed by atoms with Crippen LogP contribution in [0.1, 0.15) is 15.9 Å². The van der Waals surface area contributed by atoms with Crippen LogP contribution in [-0.2, 0) is 6.42 Å². The van der Waals surface area contributed by atoms with Crippen molar-refractivity contribution in [3.8, 4) is 5.75 Å². The highest BCUT2D eigenvalue weighted by molar-refractivity contribution is 8.00. The van der Waals surface area contributed by atoms with Gasteiger partial charge in [0.25, 0.3) is 5.91 Å². The van der Waals surface area contributed by atoms with Gasteiger partial charge in [0.1, 0.15) is 5.75 Å². The molecule has 4 rings (SSSR count). The Kier molecular flexibility index (Phi) is 5.03. The first-order chi connectivity index (χ1) is 13.2. The van der Waals surface area contributed by atoms with E-state index in [9.17, 15) is 4.79 Å². The van der Waals surface area contributed by atoms with Gasteiger partial charge >= 0.3 is 0 Å². The molecule has 136 valence electrons. The molecule has 1 amide bonds. The number of nitrogens with one attached hydrogen (secondary N) is 1. The zero-order chi connectivity index (χ0) is 18.6. The molecule has 0 saturated carbocycles. The van der Waals surface area contributed by atoms with Gasteiger partial charge in [-0.25, -0.2) is 0 Å². The maximum absolute atomic E-state index is 12.6. The maximum atomic E-state index is 12.6. The van der Waals surface area contributed by atoms with E-state index in [1.165, 1.54) is 11.3 Å². The van der Waals surface area contributed by atoms with Crippen LogP contribution in [0.3, 0.4) is 0 Å². The Balaban J connectivity index is 1.48. The summed E-state index contributed by atoms with van der Waals surface area (Å²) < 4.78 is 7.49. The lowest BCUT2D eigenvalue weighted by molar-refractivity contribution is 0.102. The summed E-state index contributed by atoms with van der Waals surface area (Å²) >= 11 is 1.67. The highest BCUT2D eigenvalue weighted by atomic mass is 32.2. The van der Waals surface area contributed by atoms with Crippen LogP contribution >= 0.6 is 11.9 Å². The molecule has 0 saturated heterocycles. The van der Waals surface area contributed by atoms with Gasteiger partial charge in [-0.05, 0) is 60.3 Å². The van der Waals surface area contributed by atoms with Gasteiger partial charge in [-0.15, -0.1) is 0 Å². The fraction of sp³-hybridized carbons (Fsp3) is 0.136. The molecule has 0 spiro atoms. The largest absolute Gasteiger partial charge is 0.497 e. The lowest BCUT2D eigenvalue weighted by Gasteiger charge is -2.18. The van der Waals surface area contributed by atoms with Crippen LogP contribution < -0.4 is 14.4 Å². The highest BCUT2D eigenvalue weighted by Crippen LogP contribution is 2.36.